The maximum Gasteiger partial charge on any atom is 0.507 e. The Kier molecular flexibility index (Phi) is 1.93. The van der Waals surface area contributed by atoms with Crippen LogP contribution in [-0.4, -0.2) is 11.3 Å². The summed E-state index contributed by atoms with van der Waals surface area (Å²) in [5, 5.41) is 8.56. The van der Waals surface area contributed by atoms with E-state index in [1.54, 1.807) is 0 Å². The van der Waals surface area contributed by atoms with Crippen LogP contribution in [0, 0.1) is 0 Å². The molecule has 1 unspecified atom stereocenters. The lowest BCUT2D eigenvalue weighted by Gasteiger charge is -2.23. The van der Waals surface area contributed by atoms with Crippen molar-refractivity contribution in [3.63, 3.8) is 0 Å². The summed E-state index contributed by atoms with van der Waals surface area (Å²) >= 11 is 0. The topological polar surface area (TPSA) is 72.5 Å². The number of nitrogens with two attached hydrogens (primary N) is 1. The van der Waals surface area contributed by atoms with Gasteiger partial charge in [-0.3, -0.25) is 5.73 Å². The predicted octanol–water partition coefficient (Wildman–Crippen LogP) is 1.44. The van der Waals surface area contributed by atoms with E-state index in [2.05, 4.69) is 0 Å². The molecule has 1 aromatic rings. The van der Waals surface area contributed by atoms with Crippen LogP contribution in [0.1, 0.15) is 17.5 Å². The van der Waals surface area contributed by atoms with E-state index < -0.39 is 11.9 Å². The molecule has 0 radical (unpaired) electrons. The van der Waals surface area contributed by atoms with Gasteiger partial charge < -0.3 is 9.84 Å². The third-order valence-corrected chi connectivity index (χ3v) is 2.51. The third kappa shape index (κ3) is 1.33. The minimum absolute atomic E-state index is 0.513. The molecule has 1 atom stereocenters. The molecule has 0 aromatic heterocycles. The van der Waals surface area contributed by atoms with Gasteiger partial charge in [0.15, 0.2) is 5.72 Å². The van der Waals surface area contributed by atoms with Crippen LogP contribution in [0.2, 0.25) is 0 Å². The van der Waals surface area contributed by atoms with Crippen LogP contribution in [0.4, 0.5) is 4.79 Å². The molecular weight excluding hydrogens is 182 g/mol. The Morgan fingerprint density at radius 3 is 2.93 bits per heavy atom. The summed E-state index contributed by atoms with van der Waals surface area (Å²) in [6, 6.07) is 7.49. The Labute approximate surface area is 81.3 Å². The highest BCUT2D eigenvalue weighted by Gasteiger charge is 2.38. The smallest absolute Gasteiger partial charge is 0.450 e. The van der Waals surface area contributed by atoms with Gasteiger partial charge >= 0.3 is 6.16 Å². The number of rotatable bonds is 1. The van der Waals surface area contributed by atoms with Gasteiger partial charge in [0.2, 0.25) is 0 Å². The summed E-state index contributed by atoms with van der Waals surface area (Å²) in [5.41, 5.74) is 6.56. The molecule has 1 aliphatic carbocycles. The van der Waals surface area contributed by atoms with Crippen molar-refractivity contribution < 1.29 is 14.6 Å². The fraction of sp³-hybridized carbons (Fsp3) is 0.300. The molecule has 0 bridgehead atoms. The fourth-order valence-corrected chi connectivity index (χ4v) is 1.87. The number of aryl methyl sites for hydroxylation is 1. The second kappa shape index (κ2) is 2.99. The van der Waals surface area contributed by atoms with Crippen LogP contribution in [0.3, 0.4) is 0 Å². The van der Waals surface area contributed by atoms with Gasteiger partial charge in [0.05, 0.1) is 0 Å². The lowest BCUT2D eigenvalue weighted by molar-refractivity contribution is -0.0178. The number of hydrogen-bond acceptors (Lipinski definition) is 3. The third-order valence-electron chi connectivity index (χ3n) is 2.51. The van der Waals surface area contributed by atoms with Crippen LogP contribution >= 0.6 is 0 Å². The molecule has 1 aromatic carbocycles. The van der Waals surface area contributed by atoms with Gasteiger partial charge in [-0.25, -0.2) is 4.79 Å². The summed E-state index contributed by atoms with van der Waals surface area (Å²) in [7, 11) is 0. The highest BCUT2D eigenvalue weighted by molar-refractivity contribution is 5.58. The lowest BCUT2D eigenvalue weighted by Crippen LogP contribution is -2.38. The molecule has 1 aliphatic rings. The van der Waals surface area contributed by atoms with Gasteiger partial charge in [-0.15, -0.1) is 0 Å². The number of hydrogen-bond donors (Lipinski definition) is 2. The first kappa shape index (κ1) is 9.02. The number of fused-ring (bicyclic) bond motifs is 1. The van der Waals surface area contributed by atoms with Crippen LogP contribution in [0.15, 0.2) is 24.3 Å². The Morgan fingerprint density at radius 1 is 1.50 bits per heavy atom. The summed E-state index contributed by atoms with van der Waals surface area (Å²) in [5.74, 6) is 0. The molecule has 4 nitrogen and oxygen atoms in total. The number of carboxylic acid groups (broad SMARTS) is 1. The predicted molar refractivity (Wildman–Crippen MR) is 49.7 cm³/mol. The average Bonchev–Trinajstić information content (AvgIpc) is 2.44. The zero-order valence-corrected chi connectivity index (χ0v) is 7.56. The van der Waals surface area contributed by atoms with Gasteiger partial charge in [-0.1, -0.05) is 24.3 Å². The summed E-state index contributed by atoms with van der Waals surface area (Å²) < 4.78 is 4.72. The van der Waals surface area contributed by atoms with E-state index in [1.165, 1.54) is 0 Å². The lowest BCUT2D eigenvalue weighted by atomic mass is 10.1. The van der Waals surface area contributed by atoms with E-state index in [9.17, 15) is 4.79 Å². The summed E-state index contributed by atoms with van der Waals surface area (Å²) in [6.45, 7) is 0. The van der Waals surface area contributed by atoms with Crippen molar-refractivity contribution in [2.75, 3.05) is 0 Å². The van der Waals surface area contributed by atoms with Crippen molar-refractivity contribution in [1.29, 1.82) is 0 Å². The number of benzene rings is 1. The van der Waals surface area contributed by atoms with Gasteiger partial charge in [-0.05, 0) is 12.0 Å². The van der Waals surface area contributed by atoms with Gasteiger partial charge in [0.1, 0.15) is 0 Å². The largest absolute Gasteiger partial charge is 0.507 e. The molecule has 74 valence electrons. The molecule has 0 fully saturated rings. The van der Waals surface area contributed by atoms with Crippen molar-refractivity contribution in [2.24, 2.45) is 5.73 Å². The monoisotopic (exact) mass is 193 g/mol. The van der Waals surface area contributed by atoms with E-state index >= 15 is 0 Å². The number of carbonyl (C=O) groups is 1. The summed E-state index contributed by atoms with van der Waals surface area (Å²) in [6.07, 6.45) is -0.0531. The van der Waals surface area contributed by atoms with Crippen LogP contribution < -0.4 is 5.73 Å². The molecule has 2 rings (SSSR count). The van der Waals surface area contributed by atoms with Crippen molar-refractivity contribution in [3.8, 4) is 0 Å². The maximum atomic E-state index is 10.5. The first-order valence-electron chi connectivity index (χ1n) is 4.41. The molecule has 0 saturated carbocycles. The zero-order chi connectivity index (χ0) is 10.2. The minimum atomic E-state index is -1.33. The van der Waals surface area contributed by atoms with Crippen LogP contribution in [0.25, 0.3) is 0 Å². The second-order valence-electron chi connectivity index (χ2n) is 3.41. The Hall–Kier alpha value is -1.55. The van der Waals surface area contributed by atoms with E-state index in [1.807, 2.05) is 24.3 Å². The number of ether oxygens (including phenoxy) is 1. The zero-order valence-electron chi connectivity index (χ0n) is 7.56. The molecule has 0 saturated heterocycles. The highest BCUT2D eigenvalue weighted by Crippen LogP contribution is 2.35. The van der Waals surface area contributed by atoms with E-state index in [0.29, 0.717) is 6.42 Å². The molecule has 14 heavy (non-hydrogen) atoms. The van der Waals surface area contributed by atoms with Crippen molar-refractivity contribution in [2.45, 2.75) is 18.6 Å². The molecule has 4 heteroatoms. The molecule has 0 aliphatic heterocycles. The Morgan fingerprint density at radius 2 is 2.21 bits per heavy atom. The van der Waals surface area contributed by atoms with Crippen LogP contribution in [0.5, 0.6) is 0 Å². The van der Waals surface area contributed by atoms with Gasteiger partial charge in [-0.2, -0.15) is 0 Å². The van der Waals surface area contributed by atoms with E-state index in [0.717, 1.165) is 17.5 Å². The highest BCUT2D eigenvalue weighted by atomic mass is 16.7. The molecular formula is C10H11NO3. The molecule has 3 N–H and O–H groups in total. The van der Waals surface area contributed by atoms with Crippen molar-refractivity contribution in [1.82, 2.24) is 0 Å². The van der Waals surface area contributed by atoms with Crippen molar-refractivity contribution >= 4 is 6.16 Å². The standard InChI is InChI=1S/C10H11NO3/c11-10(14-9(12)13)6-5-7-3-1-2-4-8(7)10/h1-4H,5-6,11H2,(H,12,13). The van der Waals surface area contributed by atoms with Crippen molar-refractivity contribution in [3.05, 3.63) is 35.4 Å². The minimum Gasteiger partial charge on any atom is -0.450 e. The summed E-state index contributed by atoms with van der Waals surface area (Å²) in [4.78, 5) is 10.5. The molecule has 0 spiro atoms. The SMILES string of the molecule is NC1(OC(=O)O)CCc2ccccc21. The van der Waals surface area contributed by atoms with Gasteiger partial charge in [0, 0.05) is 12.0 Å². The second-order valence-corrected chi connectivity index (χ2v) is 3.41. The average molecular weight is 193 g/mol. The van der Waals surface area contributed by atoms with Crippen LogP contribution in [-0.2, 0) is 16.9 Å². The van der Waals surface area contributed by atoms with E-state index in [-0.39, 0.29) is 0 Å². The molecule has 0 amide bonds. The first-order valence-corrected chi connectivity index (χ1v) is 4.41. The Balaban J connectivity index is 2.37. The molecule has 0 heterocycles. The maximum absolute atomic E-state index is 10.5. The normalized spacial score (nSPS) is 24.4. The first-order chi connectivity index (χ1) is 6.62. The fourth-order valence-electron chi connectivity index (χ4n) is 1.87. The van der Waals surface area contributed by atoms with Gasteiger partial charge in [0.25, 0.3) is 0 Å². The Bertz CT molecular complexity index is 377. The quantitative estimate of drug-likeness (QED) is 0.523. The van der Waals surface area contributed by atoms with E-state index in [4.69, 9.17) is 15.6 Å².